The van der Waals surface area contributed by atoms with E-state index >= 15 is 0 Å². The summed E-state index contributed by atoms with van der Waals surface area (Å²) in [5, 5.41) is 3.42. The van der Waals surface area contributed by atoms with Crippen LogP contribution in [0.1, 0.15) is 24.1 Å². The maximum atomic E-state index is 13.6. The van der Waals surface area contributed by atoms with Crippen molar-refractivity contribution in [3.05, 3.63) is 59.5 Å². The minimum Gasteiger partial charge on any atom is -0.381 e. The third-order valence-corrected chi connectivity index (χ3v) is 4.38. The molecule has 0 bridgehead atoms. The smallest absolute Gasteiger partial charge is 0.126 e. The SMILES string of the molecule is Cc1cccc(NCC2(c3cccc(F)c3)CCOCC2)n1. The molecule has 1 aromatic carbocycles. The highest BCUT2D eigenvalue weighted by atomic mass is 19.1. The Morgan fingerprint density at radius 1 is 1.18 bits per heavy atom. The molecule has 1 aliphatic heterocycles. The first-order chi connectivity index (χ1) is 10.7. The van der Waals surface area contributed by atoms with Crippen LogP contribution in [0.5, 0.6) is 0 Å². The van der Waals surface area contributed by atoms with Gasteiger partial charge in [0.15, 0.2) is 0 Å². The van der Waals surface area contributed by atoms with E-state index < -0.39 is 0 Å². The minimum absolute atomic E-state index is 0.105. The molecule has 1 aromatic heterocycles. The normalized spacial score (nSPS) is 17.2. The van der Waals surface area contributed by atoms with Crippen LogP contribution in [0, 0.1) is 12.7 Å². The molecule has 3 rings (SSSR count). The predicted molar refractivity (Wildman–Crippen MR) is 85.6 cm³/mol. The van der Waals surface area contributed by atoms with Gasteiger partial charge in [0, 0.05) is 30.9 Å². The van der Waals surface area contributed by atoms with Crippen LogP contribution in [0.2, 0.25) is 0 Å². The number of aromatic nitrogens is 1. The van der Waals surface area contributed by atoms with E-state index in [1.54, 1.807) is 12.1 Å². The minimum atomic E-state index is -0.183. The molecule has 1 fully saturated rings. The molecular weight excluding hydrogens is 279 g/mol. The molecule has 1 aliphatic rings. The van der Waals surface area contributed by atoms with Crippen LogP contribution in [-0.4, -0.2) is 24.7 Å². The zero-order valence-corrected chi connectivity index (χ0v) is 12.8. The standard InChI is InChI=1S/C18H21FN2O/c1-14-4-2-7-17(21-14)20-13-18(8-10-22-11-9-18)15-5-3-6-16(19)12-15/h2-7,12H,8-11,13H2,1H3,(H,20,21). The van der Waals surface area contributed by atoms with E-state index in [1.165, 1.54) is 6.07 Å². The van der Waals surface area contributed by atoms with Gasteiger partial charge in [-0.3, -0.25) is 0 Å². The molecule has 0 saturated carbocycles. The zero-order chi connectivity index (χ0) is 15.4. The Hall–Kier alpha value is -1.94. The second-order valence-electron chi connectivity index (χ2n) is 5.92. The Morgan fingerprint density at radius 2 is 1.95 bits per heavy atom. The fraction of sp³-hybridized carbons (Fsp3) is 0.389. The molecule has 0 amide bonds. The first kappa shape index (κ1) is 15.0. The number of ether oxygens (including phenoxy) is 1. The maximum absolute atomic E-state index is 13.6. The number of hydrogen-bond donors (Lipinski definition) is 1. The molecule has 2 heterocycles. The number of nitrogens with one attached hydrogen (secondary N) is 1. The van der Waals surface area contributed by atoms with Gasteiger partial charge in [-0.2, -0.15) is 0 Å². The number of halogens is 1. The summed E-state index contributed by atoms with van der Waals surface area (Å²) in [7, 11) is 0. The quantitative estimate of drug-likeness (QED) is 0.935. The Bertz CT molecular complexity index is 638. The molecule has 0 atom stereocenters. The van der Waals surface area contributed by atoms with E-state index in [9.17, 15) is 4.39 Å². The molecule has 0 unspecified atom stereocenters. The van der Waals surface area contributed by atoms with Crippen LogP contribution in [0.15, 0.2) is 42.5 Å². The molecule has 22 heavy (non-hydrogen) atoms. The lowest BCUT2D eigenvalue weighted by Crippen LogP contribution is -2.40. The molecule has 2 aromatic rings. The van der Waals surface area contributed by atoms with Crippen molar-refractivity contribution in [1.29, 1.82) is 0 Å². The highest BCUT2D eigenvalue weighted by Crippen LogP contribution is 2.35. The van der Waals surface area contributed by atoms with Gasteiger partial charge in [0.2, 0.25) is 0 Å². The summed E-state index contributed by atoms with van der Waals surface area (Å²) < 4.78 is 19.2. The van der Waals surface area contributed by atoms with E-state index in [1.807, 2.05) is 31.2 Å². The molecule has 116 valence electrons. The summed E-state index contributed by atoms with van der Waals surface area (Å²) in [5.74, 6) is 0.680. The van der Waals surface area contributed by atoms with Gasteiger partial charge in [-0.15, -0.1) is 0 Å². The largest absolute Gasteiger partial charge is 0.381 e. The third-order valence-electron chi connectivity index (χ3n) is 4.38. The lowest BCUT2D eigenvalue weighted by atomic mass is 9.74. The van der Waals surface area contributed by atoms with Gasteiger partial charge in [-0.05, 0) is 49.6 Å². The average Bonchev–Trinajstić information content (AvgIpc) is 2.54. The fourth-order valence-electron chi connectivity index (χ4n) is 3.05. The summed E-state index contributed by atoms with van der Waals surface area (Å²) in [4.78, 5) is 4.48. The topological polar surface area (TPSA) is 34.1 Å². The predicted octanol–water partition coefficient (Wildman–Crippen LogP) is 3.69. The van der Waals surface area contributed by atoms with Crippen molar-refractivity contribution in [3.8, 4) is 0 Å². The van der Waals surface area contributed by atoms with Gasteiger partial charge < -0.3 is 10.1 Å². The monoisotopic (exact) mass is 300 g/mol. The number of anilines is 1. The second kappa shape index (κ2) is 6.44. The Kier molecular flexibility index (Phi) is 4.39. The summed E-state index contributed by atoms with van der Waals surface area (Å²) in [6.45, 7) is 4.12. The molecule has 1 saturated heterocycles. The molecular formula is C18H21FN2O. The highest BCUT2D eigenvalue weighted by molar-refractivity contribution is 5.38. The van der Waals surface area contributed by atoms with Crippen LogP contribution in [0.4, 0.5) is 10.2 Å². The van der Waals surface area contributed by atoms with Crippen LogP contribution in [0.25, 0.3) is 0 Å². The first-order valence-corrected chi connectivity index (χ1v) is 7.69. The van der Waals surface area contributed by atoms with Gasteiger partial charge in [-0.1, -0.05) is 18.2 Å². The van der Waals surface area contributed by atoms with Crippen molar-refractivity contribution in [2.24, 2.45) is 0 Å². The third kappa shape index (κ3) is 3.28. The Morgan fingerprint density at radius 3 is 2.68 bits per heavy atom. The molecule has 0 spiro atoms. The second-order valence-corrected chi connectivity index (χ2v) is 5.92. The van der Waals surface area contributed by atoms with Crippen molar-refractivity contribution in [1.82, 2.24) is 4.98 Å². The summed E-state index contributed by atoms with van der Waals surface area (Å²) in [6, 6.07) is 12.9. The Balaban J connectivity index is 1.83. The molecule has 4 heteroatoms. The van der Waals surface area contributed by atoms with E-state index in [2.05, 4.69) is 10.3 Å². The van der Waals surface area contributed by atoms with Gasteiger partial charge >= 0.3 is 0 Å². The van der Waals surface area contributed by atoms with Crippen molar-refractivity contribution in [2.75, 3.05) is 25.1 Å². The van der Waals surface area contributed by atoms with E-state index in [-0.39, 0.29) is 11.2 Å². The summed E-state index contributed by atoms with van der Waals surface area (Å²) in [6.07, 6.45) is 1.77. The number of nitrogens with zero attached hydrogens (tertiary/aromatic N) is 1. The lowest BCUT2D eigenvalue weighted by Gasteiger charge is -2.38. The van der Waals surface area contributed by atoms with Gasteiger partial charge in [0.05, 0.1) is 0 Å². The van der Waals surface area contributed by atoms with Crippen molar-refractivity contribution < 1.29 is 9.13 Å². The van der Waals surface area contributed by atoms with E-state index in [0.29, 0.717) is 13.2 Å². The van der Waals surface area contributed by atoms with Crippen LogP contribution in [-0.2, 0) is 10.2 Å². The van der Waals surface area contributed by atoms with Gasteiger partial charge in [0.1, 0.15) is 11.6 Å². The molecule has 1 N–H and O–H groups in total. The zero-order valence-electron chi connectivity index (χ0n) is 12.8. The van der Waals surface area contributed by atoms with Crippen molar-refractivity contribution in [2.45, 2.75) is 25.2 Å². The average molecular weight is 300 g/mol. The van der Waals surface area contributed by atoms with Crippen LogP contribution >= 0.6 is 0 Å². The van der Waals surface area contributed by atoms with Crippen LogP contribution < -0.4 is 5.32 Å². The molecule has 3 nitrogen and oxygen atoms in total. The summed E-state index contributed by atoms with van der Waals surface area (Å²) in [5.41, 5.74) is 1.92. The lowest BCUT2D eigenvalue weighted by molar-refractivity contribution is 0.0542. The van der Waals surface area contributed by atoms with Crippen molar-refractivity contribution >= 4 is 5.82 Å². The summed E-state index contributed by atoms with van der Waals surface area (Å²) >= 11 is 0. The van der Waals surface area contributed by atoms with E-state index in [4.69, 9.17) is 4.74 Å². The number of aryl methyl sites for hydroxylation is 1. The fourth-order valence-corrected chi connectivity index (χ4v) is 3.05. The van der Waals surface area contributed by atoms with Gasteiger partial charge in [0.25, 0.3) is 0 Å². The van der Waals surface area contributed by atoms with Gasteiger partial charge in [-0.25, -0.2) is 9.37 Å². The first-order valence-electron chi connectivity index (χ1n) is 7.69. The van der Waals surface area contributed by atoms with Crippen LogP contribution in [0.3, 0.4) is 0 Å². The Labute approximate surface area is 130 Å². The number of hydrogen-bond acceptors (Lipinski definition) is 3. The molecule has 0 aliphatic carbocycles. The highest BCUT2D eigenvalue weighted by Gasteiger charge is 2.34. The molecule has 0 radical (unpaired) electrons. The number of benzene rings is 1. The van der Waals surface area contributed by atoms with Crippen molar-refractivity contribution in [3.63, 3.8) is 0 Å². The van der Waals surface area contributed by atoms with E-state index in [0.717, 1.165) is 36.5 Å². The maximum Gasteiger partial charge on any atom is 0.126 e. The number of rotatable bonds is 4. The number of pyridine rings is 1.